The minimum absolute atomic E-state index is 0. The van der Waals surface area contributed by atoms with Gasteiger partial charge < -0.3 is 37.2 Å². The predicted octanol–water partition coefficient (Wildman–Crippen LogP) is -4.40. The molecular weight excluding hydrogens is 458 g/mol. The van der Waals surface area contributed by atoms with E-state index < -0.39 is 0 Å². The Bertz CT molecular complexity index is 596. The Labute approximate surface area is 161 Å². The largest absolute Gasteiger partial charge is 1.00 e. The zero-order valence-corrected chi connectivity index (χ0v) is 16.6. The molecular formula is C15H10BrCl3Zr. The van der Waals surface area contributed by atoms with E-state index >= 15 is 0 Å². The van der Waals surface area contributed by atoms with Crippen molar-refractivity contribution in [2.24, 2.45) is 0 Å². The summed E-state index contributed by atoms with van der Waals surface area (Å²) in [5.74, 6) is 0. The molecule has 2 aromatic carbocycles. The van der Waals surface area contributed by atoms with E-state index in [0.29, 0.717) is 3.63 Å². The molecule has 5 heteroatoms. The van der Waals surface area contributed by atoms with E-state index in [0.717, 1.165) is 4.47 Å². The second kappa shape index (κ2) is 8.76. The van der Waals surface area contributed by atoms with Gasteiger partial charge in [-0.2, -0.15) is 0 Å². The van der Waals surface area contributed by atoms with E-state index in [-0.39, 0.29) is 37.2 Å². The number of benzene rings is 2. The van der Waals surface area contributed by atoms with E-state index in [2.05, 4.69) is 70.5 Å². The Morgan fingerprint density at radius 1 is 0.850 bits per heavy atom. The molecule has 0 amide bonds. The molecule has 0 aromatic heterocycles. The van der Waals surface area contributed by atoms with Crippen molar-refractivity contribution in [1.82, 2.24) is 0 Å². The molecule has 0 spiro atoms. The van der Waals surface area contributed by atoms with Crippen molar-refractivity contribution in [1.29, 1.82) is 0 Å². The molecule has 0 saturated heterocycles. The SMILES string of the molecule is Brc1ccc(C2=Cc3ccccc3[CH]2[Zr+3])cc1.[Cl-].[Cl-].[Cl-]. The fourth-order valence-electron chi connectivity index (χ4n) is 2.22. The van der Waals surface area contributed by atoms with Gasteiger partial charge in [0.15, 0.2) is 0 Å². The molecule has 1 atom stereocenters. The maximum atomic E-state index is 3.48. The van der Waals surface area contributed by atoms with Crippen LogP contribution in [0.25, 0.3) is 11.6 Å². The summed E-state index contributed by atoms with van der Waals surface area (Å²) < 4.78 is 1.72. The smallest absolute Gasteiger partial charge is 1.00 e. The second-order valence-corrected chi connectivity index (χ2v) is 6.50. The van der Waals surface area contributed by atoms with Crippen LogP contribution in [0.4, 0.5) is 0 Å². The summed E-state index contributed by atoms with van der Waals surface area (Å²) in [6.07, 6.45) is 2.33. The second-order valence-electron chi connectivity index (χ2n) is 4.17. The van der Waals surface area contributed by atoms with Gasteiger partial charge in [0.1, 0.15) is 0 Å². The van der Waals surface area contributed by atoms with Crippen LogP contribution in [0.3, 0.4) is 0 Å². The van der Waals surface area contributed by atoms with Crippen molar-refractivity contribution in [3.05, 3.63) is 69.7 Å². The van der Waals surface area contributed by atoms with Gasteiger partial charge in [0.25, 0.3) is 0 Å². The summed E-state index contributed by atoms with van der Waals surface area (Å²) >= 11 is 5.04. The number of halogens is 4. The predicted molar refractivity (Wildman–Crippen MR) is 71.2 cm³/mol. The summed E-state index contributed by atoms with van der Waals surface area (Å²) in [5.41, 5.74) is 5.65. The van der Waals surface area contributed by atoms with E-state index in [1.165, 1.54) is 22.3 Å². The first kappa shape index (κ1) is 20.4. The molecule has 0 fully saturated rings. The summed E-state index contributed by atoms with van der Waals surface area (Å²) in [5, 5.41) is 0. The Kier molecular flexibility index (Phi) is 8.94. The van der Waals surface area contributed by atoms with E-state index in [1.807, 2.05) is 0 Å². The monoisotopic (exact) mass is 464 g/mol. The fraction of sp³-hybridized carbons (Fsp3) is 0.0667. The van der Waals surface area contributed by atoms with Crippen LogP contribution < -0.4 is 37.2 Å². The van der Waals surface area contributed by atoms with Crippen molar-refractivity contribution in [2.75, 3.05) is 0 Å². The number of hydrogen-bond donors (Lipinski definition) is 0. The summed E-state index contributed by atoms with van der Waals surface area (Å²) in [4.78, 5) is 0. The van der Waals surface area contributed by atoms with E-state index in [1.54, 1.807) is 24.7 Å². The standard InChI is InChI=1S/C15H10Br.3ClH.Zr/c16-15-7-5-11(6-8-15)14-9-12-3-1-2-4-13(12)10-14;;;;/h1-10H;3*1H;/q;;;;+3/p-3. The minimum atomic E-state index is 0. The molecule has 0 saturated carbocycles. The van der Waals surface area contributed by atoms with Gasteiger partial charge in [-0.15, -0.1) is 0 Å². The maximum Gasteiger partial charge on any atom is -1.00 e. The van der Waals surface area contributed by atoms with Gasteiger partial charge in [-0.1, -0.05) is 0 Å². The molecule has 1 unspecified atom stereocenters. The first-order chi connectivity index (χ1) is 8.25. The molecule has 3 rings (SSSR count). The third-order valence-electron chi connectivity index (χ3n) is 3.11. The summed E-state index contributed by atoms with van der Waals surface area (Å²) in [6.45, 7) is 0. The van der Waals surface area contributed by atoms with Gasteiger partial charge in [0.05, 0.1) is 0 Å². The molecule has 20 heavy (non-hydrogen) atoms. The fourth-order valence-corrected chi connectivity index (χ4v) is 3.74. The number of allylic oxidation sites excluding steroid dienone is 1. The Hall–Kier alpha value is 0.413. The van der Waals surface area contributed by atoms with Crippen LogP contribution in [0.2, 0.25) is 0 Å². The molecule has 1 aliphatic carbocycles. The quantitative estimate of drug-likeness (QED) is 0.398. The normalized spacial score (nSPS) is 15.2. The zero-order valence-electron chi connectivity index (χ0n) is 10.3. The van der Waals surface area contributed by atoms with E-state index in [4.69, 9.17) is 0 Å². The van der Waals surface area contributed by atoms with Crippen LogP contribution in [0, 0.1) is 0 Å². The first-order valence-corrected chi connectivity index (χ1v) is 7.74. The molecule has 0 heterocycles. The number of hydrogen-bond acceptors (Lipinski definition) is 0. The van der Waals surface area contributed by atoms with Gasteiger partial charge in [0, 0.05) is 0 Å². The van der Waals surface area contributed by atoms with Crippen LogP contribution in [0.5, 0.6) is 0 Å². The molecule has 2 aromatic rings. The van der Waals surface area contributed by atoms with Crippen molar-refractivity contribution in [3.63, 3.8) is 0 Å². The van der Waals surface area contributed by atoms with Crippen molar-refractivity contribution in [3.8, 4) is 0 Å². The van der Waals surface area contributed by atoms with Gasteiger partial charge in [-0.3, -0.25) is 0 Å². The molecule has 1 aliphatic rings. The van der Waals surface area contributed by atoms with Crippen molar-refractivity contribution < 1.29 is 61.9 Å². The molecule has 0 radical (unpaired) electrons. The Balaban J connectivity index is 0.00000120. The number of rotatable bonds is 1. The maximum absolute atomic E-state index is 3.48. The average Bonchev–Trinajstić information content (AvgIpc) is 2.69. The van der Waals surface area contributed by atoms with Crippen LogP contribution in [-0.4, -0.2) is 0 Å². The summed E-state index contributed by atoms with van der Waals surface area (Å²) in [7, 11) is 0. The van der Waals surface area contributed by atoms with Gasteiger partial charge in [0.2, 0.25) is 0 Å². The van der Waals surface area contributed by atoms with Gasteiger partial charge in [-0.05, 0) is 0 Å². The van der Waals surface area contributed by atoms with Crippen LogP contribution in [0.1, 0.15) is 20.3 Å². The molecule has 0 bridgehead atoms. The van der Waals surface area contributed by atoms with E-state index in [9.17, 15) is 0 Å². The van der Waals surface area contributed by atoms with Gasteiger partial charge in [-0.25, -0.2) is 0 Å². The third-order valence-corrected chi connectivity index (χ3v) is 5.16. The molecule has 0 nitrogen and oxygen atoms in total. The number of fused-ring (bicyclic) bond motifs is 1. The average molecular weight is 468 g/mol. The topological polar surface area (TPSA) is 0 Å². The van der Waals surface area contributed by atoms with Crippen molar-refractivity contribution >= 4 is 27.6 Å². The Morgan fingerprint density at radius 2 is 1.45 bits per heavy atom. The molecule has 0 aliphatic heterocycles. The minimum Gasteiger partial charge on any atom is -1.00 e. The van der Waals surface area contributed by atoms with Gasteiger partial charge >= 0.3 is 126 Å². The first-order valence-electron chi connectivity index (χ1n) is 5.53. The van der Waals surface area contributed by atoms with Crippen LogP contribution in [-0.2, 0) is 24.7 Å². The third kappa shape index (κ3) is 3.99. The zero-order chi connectivity index (χ0) is 11.8. The summed E-state index contributed by atoms with van der Waals surface area (Å²) in [6, 6.07) is 17.3. The van der Waals surface area contributed by atoms with Crippen LogP contribution >= 0.6 is 15.9 Å². The molecule has 0 N–H and O–H groups in total. The van der Waals surface area contributed by atoms with Crippen LogP contribution in [0.15, 0.2) is 53.0 Å². The van der Waals surface area contributed by atoms with Crippen molar-refractivity contribution in [2.45, 2.75) is 3.63 Å². The Morgan fingerprint density at radius 3 is 2.05 bits per heavy atom. The molecule has 102 valence electrons.